The van der Waals surface area contributed by atoms with Crippen molar-refractivity contribution in [2.24, 2.45) is 5.50 Å². The quantitative estimate of drug-likeness (QED) is 0.255. The second-order valence-corrected chi connectivity index (χ2v) is 6.43. The summed E-state index contributed by atoms with van der Waals surface area (Å²) in [5.41, 5.74) is 11.4. The van der Waals surface area contributed by atoms with Crippen molar-refractivity contribution in [2.75, 3.05) is 12.3 Å². The van der Waals surface area contributed by atoms with E-state index in [-0.39, 0.29) is 5.82 Å². The summed E-state index contributed by atoms with van der Waals surface area (Å²) < 4.78 is 22.4. The van der Waals surface area contributed by atoms with Crippen LogP contribution >= 0.6 is 7.75 Å². The molecular weight excluding hydrogens is 331 g/mol. The number of ether oxygens (including phenoxy) is 1. The molecule has 0 aromatic carbocycles. The zero-order valence-electron chi connectivity index (χ0n) is 11.7. The highest BCUT2D eigenvalue weighted by atomic mass is 31.2. The zero-order valence-corrected chi connectivity index (χ0v) is 12.6. The Hall–Kier alpha value is -1.66. The number of aliphatic hydroxyl groups is 2. The van der Waals surface area contributed by atoms with E-state index in [4.69, 9.17) is 20.9 Å². The van der Waals surface area contributed by atoms with Gasteiger partial charge in [-0.2, -0.15) is 0 Å². The first-order valence-corrected chi connectivity index (χ1v) is 8.19. The topological polar surface area (TPSA) is 194 Å². The van der Waals surface area contributed by atoms with E-state index in [9.17, 15) is 14.8 Å². The molecule has 2 aromatic heterocycles. The summed E-state index contributed by atoms with van der Waals surface area (Å²) in [5, 5.41) is 20.2. The van der Waals surface area contributed by atoms with Crippen LogP contribution in [0.15, 0.2) is 12.7 Å². The molecule has 1 saturated heterocycles. The minimum absolute atomic E-state index is 0.214. The van der Waals surface area contributed by atoms with Crippen molar-refractivity contribution in [3.05, 3.63) is 12.7 Å². The summed E-state index contributed by atoms with van der Waals surface area (Å²) in [6.45, 7) is -0.467. The molecule has 0 radical (unpaired) electrons. The number of nitrogens with one attached hydrogen (secondary N) is 1. The van der Waals surface area contributed by atoms with Gasteiger partial charge in [0, 0.05) is 0 Å². The van der Waals surface area contributed by atoms with Gasteiger partial charge in [-0.05, 0) is 0 Å². The van der Waals surface area contributed by atoms with Crippen LogP contribution in [0.2, 0.25) is 0 Å². The Labute approximate surface area is 129 Å². The van der Waals surface area contributed by atoms with E-state index in [1.807, 2.05) is 0 Å². The van der Waals surface area contributed by atoms with E-state index < -0.39 is 38.9 Å². The highest BCUT2D eigenvalue weighted by Gasteiger charge is 2.47. The van der Waals surface area contributed by atoms with Crippen molar-refractivity contribution < 1.29 is 33.5 Å². The number of aromatic nitrogens is 4. The van der Waals surface area contributed by atoms with Gasteiger partial charge in [-0.1, -0.05) is 9.97 Å². The number of H-pyrrole nitrogens is 1. The average Bonchev–Trinajstić information content (AvgIpc) is 3.06. The molecule has 12 nitrogen and oxygen atoms in total. The molecule has 23 heavy (non-hydrogen) atoms. The van der Waals surface area contributed by atoms with E-state index in [0.717, 1.165) is 0 Å². The van der Waals surface area contributed by atoms with E-state index >= 15 is 0 Å². The fraction of sp³-hybridized carbons (Fsp3) is 0.500. The fourth-order valence-electron chi connectivity index (χ4n) is 2.38. The lowest BCUT2D eigenvalue weighted by Gasteiger charge is -2.14. The third-order valence-electron chi connectivity index (χ3n) is 3.48. The van der Waals surface area contributed by atoms with Gasteiger partial charge in [0.15, 0.2) is 11.8 Å². The highest BCUT2D eigenvalue weighted by Crippen LogP contribution is 2.34. The number of hydrogen-bond acceptors (Lipinski definition) is 8. The molecule has 3 heterocycles. The first kappa shape index (κ1) is 16.2. The number of nitrogens with zero attached hydrogens (tertiary/aromatic N) is 3. The van der Waals surface area contributed by atoms with Gasteiger partial charge in [-0.3, -0.25) is 4.52 Å². The minimum atomic E-state index is -4.22. The summed E-state index contributed by atoms with van der Waals surface area (Å²) >= 11 is 0. The maximum Gasteiger partial charge on any atom is 0.400 e. The minimum Gasteiger partial charge on any atom is -0.387 e. The number of rotatable bonds is 4. The van der Waals surface area contributed by atoms with Crippen LogP contribution in [0.1, 0.15) is 6.23 Å². The van der Waals surface area contributed by atoms with Crippen molar-refractivity contribution >= 4 is 24.7 Å². The Morgan fingerprint density at radius 2 is 2.17 bits per heavy atom. The molecule has 5 atom stereocenters. The van der Waals surface area contributed by atoms with Crippen LogP contribution in [0.4, 0.5) is 5.82 Å². The molecule has 126 valence electrons. The van der Waals surface area contributed by atoms with E-state index in [2.05, 4.69) is 19.5 Å². The molecule has 0 amide bonds. The van der Waals surface area contributed by atoms with Crippen LogP contribution < -0.4 is 15.8 Å². The Kier molecular flexibility index (Phi) is 4.06. The molecule has 3 rings (SSSR count). The highest BCUT2D eigenvalue weighted by molar-refractivity contribution is 7.50. The van der Waals surface area contributed by atoms with Gasteiger partial charge in [0.1, 0.15) is 18.3 Å². The lowest BCUT2D eigenvalue weighted by Crippen LogP contribution is -2.47. The Bertz CT molecular complexity index is 763. The molecule has 0 aliphatic carbocycles. The average molecular weight is 347 g/mol. The lowest BCUT2D eigenvalue weighted by molar-refractivity contribution is -0.747. The van der Waals surface area contributed by atoms with Crippen molar-refractivity contribution in [2.45, 2.75) is 24.5 Å². The SMILES string of the molecule is Nc1nc[n+]([C@@H]2O[C@H](COP(N)(=O)O)[C@@H](O)[C@@H]2O)c2nc[nH]c12. The molecule has 1 aliphatic rings. The first-order chi connectivity index (χ1) is 10.8. The smallest absolute Gasteiger partial charge is 0.387 e. The Morgan fingerprint density at radius 1 is 1.43 bits per heavy atom. The molecule has 0 bridgehead atoms. The third-order valence-corrected chi connectivity index (χ3v) is 4.00. The van der Waals surface area contributed by atoms with Crippen LogP contribution in [0, 0.1) is 0 Å². The maximum atomic E-state index is 11.0. The van der Waals surface area contributed by atoms with Crippen LogP contribution in [0.3, 0.4) is 0 Å². The van der Waals surface area contributed by atoms with E-state index in [0.29, 0.717) is 11.2 Å². The Morgan fingerprint density at radius 3 is 2.87 bits per heavy atom. The van der Waals surface area contributed by atoms with Gasteiger partial charge in [-0.15, -0.1) is 0 Å². The van der Waals surface area contributed by atoms with Gasteiger partial charge >= 0.3 is 7.75 Å². The fourth-order valence-corrected chi connectivity index (χ4v) is 2.74. The van der Waals surface area contributed by atoms with Gasteiger partial charge in [0.05, 0.1) is 6.61 Å². The molecule has 0 saturated carbocycles. The monoisotopic (exact) mass is 347 g/mol. The maximum absolute atomic E-state index is 11.0. The molecule has 1 fully saturated rings. The van der Waals surface area contributed by atoms with Gasteiger partial charge in [0.2, 0.25) is 18.4 Å². The van der Waals surface area contributed by atoms with Crippen molar-refractivity contribution in [3.8, 4) is 0 Å². The Balaban J connectivity index is 1.87. The van der Waals surface area contributed by atoms with Gasteiger partial charge < -0.3 is 30.6 Å². The number of nitrogens with two attached hydrogens (primary N) is 2. The number of nitrogen functional groups attached to an aromatic ring is 1. The van der Waals surface area contributed by atoms with Crippen LogP contribution in [-0.4, -0.2) is 55.0 Å². The van der Waals surface area contributed by atoms with Gasteiger partial charge in [0.25, 0.3) is 5.65 Å². The van der Waals surface area contributed by atoms with E-state index in [1.54, 1.807) is 0 Å². The molecule has 1 aliphatic heterocycles. The van der Waals surface area contributed by atoms with Crippen molar-refractivity contribution in [1.29, 1.82) is 0 Å². The summed E-state index contributed by atoms with van der Waals surface area (Å²) in [5.74, 6) is 0.214. The predicted octanol–water partition coefficient (Wildman–Crippen LogP) is -2.48. The standard InChI is InChI=1S/C10H15N6O6P/c11-8-5-9(14-2-13-5)16(3-15-8)10-7(18)6(17)4(22-10)1-21-23(12,19)20/h2-4,6-7,10,17-18H,1H2,(H5,11,12,13,14,19,20)/p+1/t4-,6-,7+,10-/m1/s1. The summed E-state index contributed by atoms with van der Waals surface area (Å²) in [4.78, 5) is 19.8. The number of anilines is 1. The van der Waals surface area contributed by atoms with Crippen LogP contribution in [0.5, 0.6) is 0 Å². The molecular formula is C10H16N6O6P+. The first-order valence-electron chi connectivity index (χ1n) is 6.54. The predicted molar refractivity (Wildman–Crippen MR) is 74.4 cm³/mol. The summed E-state index contributed by atoms with van der Waals surface area (Å²) in [6, 6.07) is 0. The normalized spacial score (nSPS) is 30.6. The van der Waals surface area contributed by atoms with Crippen molar-refractivity contribution in [3.63, 3.8) is 0 Å². The molecule has 2 aromatic rings. The van der Waals surface area contributed by atoms with Crippen molar-refractivity contribution in [1.82, 2.24) is 15.0 Å². The summed E-state index contributed by atoms with van der Waals surface area (Å²) in [7, 11) is -4.22. The van der Waals surface area contributed by atoms with Crippen LogP contribution in [0.25, 0.3) is 11.2 Å². The number of imidazole rings is 1. The molecule has 8 N–H and O–H groups in total. The molecule has 0 spiro atoms. The number of aliphatic hydroxyl groups excluding tert-OH is 2. The number of hydrogen-bond donors (Lipinski definition) is 6. The molecule has 13 heteroatoms. The molecule has 1 unspecified atom stereocenters. The summed E-state index contributed by atoms with van der Waals surface area (Å²) in [6.07, 6.45) is -2.08. The van der Waals surface area contributed by atoms with Gasteiger partial charge in [-0.25, -0.2) is 14.6 Å². The third kappa shape index (κ3) is 3.05. The second kappa shape index (κ2) is 5.76. The zero-order chi connectivity index (χ0) is 16.8. The van der Waals surface area contributed by atoms with E-state index in [1.165, 1.54) is 17.2 Å². The second-order valence-electron chi connectivity index (χ2n) is 5.04. The number of fused-ring (bicyclic) bond motifs is 1. The lowest BCUT2D eigenvalue weighted by atomic mass is 10.1. The van der Waals surface area contributed by atoms with Crippen LogP contribution in [-0.2, 0) is 13.8 Å². The largest absolute Gasteiger partial charge is 0.400 e. The number of aromatic amines is 1.